The molecule has 0 unspecified atom stereocenters. The molecule has 7 nitrogen and oxygen atoms in total. The molecule has 8 heteroatoms. The second-order valence-corrected chi connectivity index (χ2v) is 5.98. The number of halogens is 1. The van der Waals surface area contributed by atoms with Crippen LogP contribution in [0.15, 0.2) is 12.1 Å². The summed E-state index contributed by atoms with van der Waals surface area (Å²) in [6, 6.07) is 3.07. The van der Waals surface area contributed by atoms with Crippen molar-refractivity contribution in [3.8, 4) is 17.4 Å². The van der Waals surface area contributed by atoms with Gasteiger partial charge in [-0.15, -0.1) is 0 Å². The van der Waals surface area contributed by atoms with Crippen LogP contribution in [0.5, 0.6) is 17.4 Å². The maximum atomic E-state index is 11.6. The Morgan fingerprint density at radius 1 is 1.36 bits per heavy atom. The molecule has 0 aliphatic heterocycles. The van der Waals surface area contributed by atoms with Crippen LogP contribution in [0.3, 0.4) is 0 Å². The molecule has 0 aliphatic rings. The molecule has 0 saturated carbocycles. The summed E-state index contributed by atoms with van der Waals surface area (Å²) in [4.78, 5) is 11.6. The third-order valence-corrected chi connectivity index (χ3v) is 4.08. The zero-order chi connectivity index (χ0) is 18.7. The smallest absolute Gasteiger partial charge is 0.346 e. The van der Waals surface area contributed by atoms with Crippen molar-refractivity contribution in [3.63, 3.8) is 0 Å². The minimum atomic E-state index is -0.843. The quantitative estimate of drug-likeness (QED) is 0.789. The van der Waals surface area contributed by atoms with E-state index in [1.165, 1.54) is 19.2 Å². The number of carbonyl (C=O) groups excluding carboxylic acids is 1. The number of aliphatic hydroxyl groups is 1. The van der Waals surface area contributed by atoms with Gasteiger partial charge in [0.05, 0.1) is 24.4 Å². The molecule has 2 aromatic rings. The zero-order valence-corrected chi connectivity index (χ0v) is 15.5. The summed E-state index contributed by atoms with van der Waals surface area (Å²) < 4.78 is 17.7. The Labute approximate surface area is 151 Å². The van der Waals surface area contributed by atoms with Gasteiger partial charge in [0, 0.05) is 24.2 Å². The van der Waals surface area contributed by atoms with Crippen LogP contribution in [-0.4, -0.2) is 34.1 Å². The van der Waals surface area contributed by atoms with Gasteiger partial charge in [0.2, 0.25) is 5.88 Å². The Morgan fingerprint density at radius 2 is 2.04 bits per heavy atom. The number of benzene rings is 1. The van der Waals surface area contributed by atoms with Gasteiger partial charge in [-0.2, -0.15) is 5.10 Å². The number of methoxy groups -OCH3 is 1. The fourth-order valence-corrected chi connectivity index (χ4v) is 2.51. The summed E-state index contributed by atoms with van der Waals surface area (Å²) >= 11 is 6.25. The van der Waals surface area contributed by atoms with Gasteiger partial charge in [-0.25, -0.2) is 9.48 Å². The lowest BCUT2D eigenvalue weighted by atomic mass is 10.2. The van der Waals surface area contributed by atoms with Crippen molar-refractivity contribution < 1.29 is 24.1 Å². The Bertz CT molecular complexity index is 788. The highest BCUT2D eigenvalue weighted by molar-refractivity contribution is 6.32. The molecule has 1 N–H and O–H groups in total. The Balaban J connectivity index is 2.39. The van der Waals surface area contributed by atoms with Crippen LogP contribution in [0.4, 0.5) is 0 Å². The lowest BCUT2D eigenvalue weighted by molar-refractivity contribution is -0.147. The van der Waals surface area contributed by atoms with Crippen molar-refractivity contribution in [2.75, 3.05) is 7.11 Å². The monoisotopic (exact) mass is 368 g/mol. The molecule has 1 heterocycles. The first-order valence-corrected chi connectivity index (χ1v) is 8.02. The summed E-state index contributed by atoms with van der Waals surface area (Å²) in [6.07, 6.45) is -0.843. The van der Waals surface area contributed by atoms with Crippen LogP contribution >= 0.6 is 11.6 Å². The number of nitrogens with zero attached hydrogens (tertiary/aromatic N) is 2. The first-order valence-electron chi connectivity index (χ1n) is 7.64. The minimum Gasteiger partial charge on any atom is -0.479 e. The summed E-state index contributed by atoms with van der Waals surface area (Å²) in [7, 11) is 3.04. The minimum absolute atomic E-state index is 0.288. The number of aryl methyl sites for hydroxylation is 2. The maximum Gasteiger partial charge on any atom is 0.346 e. The van der Waals surface area contributed by atoms with Crippen molar-refractivity contribution in [3.05, 3.63) is 34.0 Å². The number of aliphatic hydroxyl groups excluding tert-OH is 1. The van der Waals surface area contributed by atoms with Crippen LogP contribution in [0.2, 0.25) is 5.02 Å². The second kappa shape index (κ2) is 7.76. The number of aromatic nitrogens is 2. The highest BCUT2D eigenvalue weighted by Gasteiger charge is 2.20. The molecule has 136 valence electrons. The fraction of sp³-hybridized carbons (Fsp3) is 0.412. The van der Waals surface area contributed by atoms with Crippen molar-refractivity contribution >= 4 is 17.6 Å². The predicted octanol–water partition coefficient (Wildman–Crippen LogP) is 2.92. The van der Waals surface area contributed by atoms with E-state index in [0.29, 0.717) is 22.2 Å². The van der Waals surface area contributed by atoms with Crippen molar-refractivity contribution in [1.82, 2.24) is 9.78 Å². The first kappa shape index (κ1) is 19.1. The average Bonchev–Trinajstić information content (AvgIpc) is 2.82. The van der Waals surface area contributed by atoms with Gasteiger partial charge in [-0.1, -0.05) is 11.6 Å². The van der Waals surface area contributed by atoms with Crippen molar-refractivity contribution in [2.24, 2.45) is 7.05 Å². The topological polar surface area (TPSA) is 82.8 Å². The molecule has 0 fully saturated rings. The molecule has 1 aromatic carbocycles. The SMILES string of the molecule is COC(=O)[C@H](C)Oc1cc(Oc2c(C)c(C)nn2C)c(Cl)cc1CO. The molecule has 0 saturated heterocycles. The maximum absolute atomic E-state index is 11.6. The molecule has 0 bridgehead atoms. The van der Waals surface area contributed by atoms with Crippen LogP contribution < -0.4 is 9.47 Å². The number of rotatable bonds is 6. The molecule has 0 aliphatic carbocycles. The van der Waals surface area contributed by atoms with Crippen molar-refractivity contribution in [2.45, 2.75) is 33.5 Å². The lowest BCUT2D eigenvalue weighted by Crippen LogP contribution is -2.25. The van der Waals surface area contributed by atoms with E-state index in [9.17, 15) is 9.90 Å². The second-order valence-electron chi connectivity index (χ2n) is 5.57. The number of ether oxygens (including phenoxy) is 3. The highest BCUT2D eigenvalue weighted by Crippen LogP contribution is 2.37. The van der Waals surface area contributed by atoms with E-state index >= 15 is 0 Å². The molecule has 0 radical (unpaired) electrons. The third-order valence-electron chi connectivity index (χ3n) is 3.79. The van der Waals surface area contributed by atoms with E-state index in [1.807, 2.05) is 13.8 Å². The molecule has 0 amide bonds. The largest absolute Gasteiger partial charge is 0.479 e. The Kier molecular flexibility index (Phi) is 5.92. The fourth-order valence-electron chi connectivity index (χ4n) is 2.28. The normalized spacial score (nSPS) is 12.0. The summed E-state index contributed by atoms with van der Waals surface area (Å²) in [5.41, 5.74) is 2.16. The standard InChI is InChI=1S/C17H21ClN2O5/c1-9-10(2)19-20(4)16(9)25-15-7-14(12(8-21)6-13(15)18)24-11(3)17(22)23-5/h6-7,11,21H,8H2,1-5H3/t11-/m0/s1. The van der Waals surface area contributed by atoms with Gasteiger partial charge < -0.3 is 19.3 Å². The van der Waals surface area contributed by atoms with E-state index < -0.39 is 12.1 Å². The molecule has 1 atom stereocenters. The molecule has 25 heavy (non-hydrogen) atoms. The number of carbonyl (C=O) groups is 1. The van der Waals surface area contributed by atoms with E-state index in [-0.39, 0.29) is 12.4 Å². The van der Waals surface area contributed by atoms with E-state index in [4.69, 9.17) is 21.1 Å². The molecule has 0 spiro atoms. The van der Waals surface area contributed by atoms with E-state index in [0.717, 1.165) is 11.3 Å². The van der Waals surface area contributed by atoms with Gasteiger partial charge >= 0.3 is 5.97 Å². The predicted molar refractivity (Wildman–Crippen MR) is 92.2 cm³/mol. The number of esters is 1. The number of hydrogen-bond donors (Lipinski definition) is 1. The summed E-state index contributed by atoms with van der Waals surface area (Å²) in [6.45, 7) is 5.03. The van der Waals surface area contributed by atoms with Gasteiger partial charge in [0.15, 0.2) is 11.9 Å². The molecule has 1 aromatic heterocycles. The van der Waals surface area contributed by atoms with Gasteiger partial charge in [0.1, 0.15) is 5.75 Å². The molecular weight excluding hydrogens is 348 g/mol. The molecule has 2 rings (SSSR count). The van der Waals surface area contributed by atoms with Crippen LogP contribution in [0, 0.1) is 13.8 Å². The summed E-state index contributed by atoms with van der Waals surface area (Å²) in [5, 5.41) is 14.1. The zero-order valence-electron chi connectivity index (χ0n) is 14.8. The van der Waals surface area contributed by atoms with E-state index in [1.54, 1.807) is 18.7 Å². The number of hydrogen-bond acceptors (Lipinski definition) is 6. The van der Waals surface area contributed by atoms with Crippen molar-refractivity contribution in [1.29, 1.82) is 0 Å². The van der Waals surface area contributed by atoms with Crippen LogP contribution in [0.1, 0.15) is 23.7 Å². The third kappa shape index (κ3) is 4.05. The highest BCUT2D eigenvalue weighted by atomic mass is 35.5. The van der Waals surface area contributed by atoms with Gasteiger partial charge in [-0.3, -0.25) is 0 Å². The Hall–Kier alpha value is -2.25. The van der Waals surface area contributed by atoms with Crippen LogP contribution in [-0.2, 0) is 23.2 Å². The van der Waals surface area contributed by atoms with E-state index in [2.05, 4.69) is 9.84 Å². The lowest BCUT2D eigenvalue weighted by Gasteiger charge is -2.17. The molecular formula is C17H21ClN2O5. The first-order chi connectivity index (χ1) is 11.8. The van der Waals surface area contributed by atoms with Gasteiger partial charge in [0.25, 0.3) is 0 Å². The van der Waals surface area contributed by atoms with Crippen LogP contribution in [0.25, 0.3) is 0 Å². The summed E-state index contributed by atoms with van der Waals surface area (Å²) in [5.74, 6) is 0.635. The van der Waals surface area contributed by atoms with Gasteiger partial charge in [-0.05, 0) is 26.8 Å². The average molecular weight is 369 g/mol. The Morgan fingerprint density at radius 3 is 2.56 bits per heavy atom.